The molecule has 1 amide bonds. The SMILES string of the molecule is CCCOc1c(I)cc(/C=N\N2C(=O)CSC2=S)cc1OCC. The van der Waals surface area contributed by atoms with Crippen LogP contribution in [0.25, 0.3) is 0 Å². The molecule has 23 heavy (non-hydrogen) atoms. The molecule has 1 saturated heterocycles. The number of nitrogens with zero attached hydrogens (tertiary/aromatic N) is 2. The summed E-state index contributed by atoms with van der Waals surface area (Å²) in [5, 5.41) is 5.45. The van der Waals surface area contributed by atoms with Gasteiger partial charge in [0.15, 0.2) is 15.8 Å². The predicted molar refractivity (Wildman–Crippen MR) is 106 cm³/mol. The van der Waals surface area contributed by atoms with Gasteiger partial charge in [-0.1, -0.05) is 30.9 Å². The highest BCUT2D eigenvalue weighted by Gasteiger charge is 2.26. The van der Waals surface area contributed by atoms with Gasteiger partial charge in [0.2, 0.25) is 0 Å². The van der Waals surface area contributed by atoms with Crippen LogP contribution in [-0.4, -0.2) is 40.4 Å². The zero-order chi connectivity index (χ0) is 16.8. The number of benzene rings is 1. The Hall–Kier alpha value is -0.870. The highest BCUT2D eigenvalue weighted by molar-refractivity contribution is 14.1. The molecule has 0 saturated carbocycles. The fourth-order valence-corrected chi connectivity index (χ4v) is 3.60. The van der Waals surface area contributed by atoms with Crippen molar-refractivity contribution in [2.45, 2.75) is 20.3 Å². The van der Waals surface area contributed by atoms with E-state index < -0.39 is 0 Å². The zero-order valence-electron chi connectivity index (χ0n) is 12.9. The summed E-state index contributed by atoms with van der Waals surface area (Å²) in [6.45, 7) is 5.17. The van der Waals surface area contributed by atoms with Gasteiger partial charge >= 0.3 is 0 Å². The fourth-order valence-electron chi connectivity index (χ4n) is 1.85. The van der Waals surface area contributed by atoms with Crippen LogP contribution in [0.2, 0.25) is 0 Å². The summed E-state index contributed by atoms with van der Waals surface area (Å²) in [5.41, 5.74) is 0.828. The van der Waals surface area contributed by atoms with Crippen molar-refractivity contribution in [3.63, 3.8) is 0 Å². The van der Waals surface area contributed by atoms with Crippen LogP contribution in [0.5, 0.6) is 11.5 Å². The lowest BCUT2D eigenvalue weighted by Crippen LogP contribution is -2.22. The quantitative estimate of drug-likeness (QED) is 0.350. The van der Waals surface area contributed by atoms with Crippen LogP contribution in [-0.2, 0) is 4.79 Å². The van der Waals surface area contributed by atoms with Crippen molar-refractivity contribution in [1.82, 2.24) is 5.01 Å². The minimum Gasteiger partial charge on any atom is -0.490 e. The average Bonchev–Trinajstić information content (AvgIpc) is 2.83. The lowest BCUT2D eigenvalue weighted by atomic mass is 10.2. The highest BCUT2D eigenvalue weighted by Crippen LogP contribution is 2.34. The number of hydrogen-bond donors (Lipinski definition) is 0. The zero-order valence-corrected chi connectivity index (χ0v) is 16.7. The number of ether oxygens (including phenoxy) is 2. The highest BCUT2D eigenvalue weighted by atomic mass is 127. The van der Waals surface area contributed by atoms with Gasteiger partial charge in [0.1, 0.15) is 0 Å². The summed E-state index contributed by atoms with van der Waals surface area (Å²) in [6.07, 6.45) is 2.54. The van der Waals surface area contributed by atoms with E-state index in [9.17, 15) is 4.79 Å². The van der Waals surface area contributed by atoms with E-state index in [2.05, 4.69) is 34.6 Å². The summed E-state index contributed by atoms with van der Waals surface area (Å²) in [6, 6.07) is 3.80. The van der Waals surface area contributed by atoms with E-state index in [0.29, 0.717) is 29.0 Å². The number of thioether (sulfide) groups is 1. The molecule has 5 nitrogen and oxygen atoms in total. The van der Waals surface area contributed by atoms with Crippen LogP contribution < -0.4 is 9.47 Å². The number of carbonyl (C=O) groups is 1. The number of amides is 1. The monoisotopic (exact) mass is 464 g/mol. The van der Waals surface area contributed by atoms with Crippen LogP contribution in [0.3, 0.4) is 0 Å². The Bertz CT molecular complexity index is 621. The second kappa shape index (κ2) is 8.84. The van der Waals surface area contributed by atoms with Crippen molar-refractivity contribution >= 4 is 63.0 Å². The van der Waals surface area contributed by atoms with E-state index in [4.69, 9.17) is 21.7 Å². The van der Waals surface area contributed by atoms with Gasteiger partial charge in [0.25, 0.3) is 5.91 Å². The third kappa shape index (κ3) is 4.80. The van der Waals surface area contributed by atoms with Crippen molar-refractivity contribution in [1.29, 1.82) is 0 Å². The summed E-state index contributed by atoms with van der Waals surface area (Å²) < 4.78 is 12.9. The van der Waals surface area contributed by atoms with Crippen molar-refractivity contribution in [3.8, 4) is 11.5 Å². The predicted octanol–water partition coefficient (Wildman–Crippen LogP) is 3.67. The molecular formula is C15H17IN2O3S2. The topological polar surface area (TPSA) is 51.1 Å². The van der Waals surface area contributed by atoms with E-state index >= 15 is 0 Å². The number of hydrazone groups is 1. The third-order valence-corrected chi connectivity index (χ3v) is 4.97. The Morgan fingerprint density at radius 1 is 1.43 bits per heavy atom. The summed E-state index contributed by atoms with van der Waals surface area (Å²) in [5.74, 6) is 1.68. The van der Waals surface area contributed by atoms with Gasteiger partial charge in [-0.05, 0) is 53.6 Å². The maximum atomic E-state index is 11.7. The van der Waals surface area contributed by atoms with Crippen molar-refractivity contribution in [2.75, 3.05) is 19.0 Å². The molecule has 2 rings (SSSR count). The summed E-state index contributed by atoms with van der Waals surface area (Å²) in [4.78, 5) is 11.7. The molecule has 0 radical (unpaired) electrons. The Labute approximate surface area is 158 Å². The Balaban J connectivity index is 2.25. The maximum absolute atomic E-state index is 11.7. The van der Waals surface area contributed by atoms with E-state index in [1.165, 1.54) is 16.8 Å². The molecule has 8 heteroatoms. The van der Waals surface area contributed by atoms with Gasteiger partial charge in [0, 0.05) is 0 Å². The number of thiocarbonyl (C=S) groups is 1. The molecule has 0 atom stereocenters. The molecule has 0 aromatic heterocycles. The molecule has 1 heterocycles. The first-order chi connectivity index (χ1) is 11.1. The third-order valence-electron chi connectivity index (χ3n) is 2.83. The van der Waals surface area contributed by atoms with E-state index in [-0.39, 0.29) is 5.91 Å². The molecule has 1 fully saturated rings. The van der Waals surface area contributed by atoms with Gasteiger partial charge in [-0.15, -0.1) is 0 Å². The molecule has 1 aromatic carbocycles. The number of rotatable bonds is 7. The van der Waals surface area contributed by atoms with Crippen LogP contribution in [0.4, 0.5) is 0 Å². The smallest absolute Gasteiger partial charge is 0.259 e. The number of halogens is 1. The molecule has 0 N–H and O–H groups in total. The lowest BCUT2D eigenvalue weighted by molar-refractivity contribution is -0.123. The van der Waals surface area contributed by atoms with Crippen LogP contribution >= 0.6 is 46.6 Å². The molecule has 124 valence electrons. The fraction of sp³-hybridized carbons (Fsp3) is 0.400. The van der Waals surface area contributed by atoms with E-state index in [0.717, 1.165) is 21.3 Å². The molecule has 0 spiro atoms. The normalized spacial score (nSPS) is 14.8. The van der Waals surface area contributed by atoms with Gasteiger partial charge < -0.3 is 9.47 Å². The molecule has 0 aliphatic carbocycles. The molecular weight excluding hydrogens is 447 g/mol. The van der Waals surface area contributed by atoms with Gasteiger partial charge in [-0.25, -0.2) is 0 Å². The molecule has 1 aromatic rings. The standard InChI is InChI=1S/C15H17IN2O3S2/c1-3-5-21-14-11(16)6-10(7-12(14)20-4-2)8-17-18-13(19)9-23-15(18)22/h6-8H,3-5,9H2,1-2H3/b17-8-. The van der Waals surface area contributed by atoms with Crippen LogP contribution in [0.15, 0.2) is 17.2 Å². The van der Waals surface area contributed by atoms with Crippen molar-refractivity contribution in [2.24, 2.45) is 5.10 Å². The largest absolute Gasteiger partial charge is 0.490 e. The van der Waals surface area contributed by atoms with Gasteiger partial charge in [-0.2, -0.15) is 10.1 Å². The minimum absolute atomic E-state index is 0.0983. The number of hydrogen-bond acceptors (Lipinski definition) is 6. The molecule has 0 unspecified atom stereocenters. The van der Waals surface area contributed by atoms with Crippen molar-refractivity contribution < 1.29 is 14.3 Å². The van der Waals surface area contributed by atoms with Crippen LogP contribution in [0, 0.1) is 3.57 Å². The minimum atomic E-state index is -0.0983. The lowest BCUT2D eigenvalue weighted by Gasteiger charge is -2.14. The Morgan fingerprint density at radius 2 is 2.22 bits per heavy atom. The van der Waals surface area contributed by atoms with Gasteiger partial charge in [0.05, 0.1) is 28.8 Å². The molecule has 1 aliphatic rings. The Kier molecular flexibility index (Phi) is 7.09. The van der Waals surface area contributed by atoms with E-state index in [1.807, 2.05) is 19.1 Å². The first-order valence-corrected chi connectivity index (χ1v) is 9.66. The van der Waals surface area contributed by atoms with Crippen LogP contribution in [0.1, 0.15) is 25.8 Å². The summed E-state index contributed by atoms with van der Waals surface area (Å²) in [7, 11) is 0. The van der Waals surface area contributed by atoms with E-state index in [1.54, 1.807) is 6.21 Å². The molecule has 0 bridgehead atoms. The molecule has 1 aliphatic heterocycles. The second-order valence-electron chi connectivity index (χ2n) is 4.62. The Morgan fingerprint density at radius 3 is 2.83 bits per heavy atom. The van der Waals surface area contributed by atoms with Crippen molar-refractivity contribution in [3.05, 3.63) is 21.3 Å². The summed E-state index contributed by atoms with van der Waals surface area (Å²) >= 11 is 8.64. The second-order valence-corrected chi connectivity index (χ2v) is 7.39. The van der Waals surface area contributed by atoms with Gasteiger partial charge in [-0.3, -0.25) is 4.79 Å². The number of carbonyl (C=O) groups excluding carboxylic acids is 1. The maximum Gasteiger partial charge on any atom is 0.259 e. The first-order valence-electron chi connectivity index (χ1n) is 7.19. The first kappa shape index (κ1) is 18.5. The average molecular weight is 464 g/mol.